The van der Waals surface area contributed by atoms with Crippen molar-refractivity contribution in [2.24, 2.45) is 5.73 Å². The number of rotatable bonds is 6. The minimum atomic E-state index is -3.68. The fourth-order valence-electron chi connectivity index (χ4n) is 2.27. The average molecular weight is 312 g/mol. The van der Waals surface area contributed by atoms with Crippen LogP contribution in [0.4, 0.5) is 0 Å². The van der Waals surface area contributed by atoms with Crippen LogP contribution in [0.25, 0.3) is 0 Å². The van der Waals surface area contributed by atoms with Crippen LogP contribution in [0.1, 0.15) is 30.2 Å². The number of nitrogens with two attached hydrogens (primary N) is 1. The van der Waals surface area contributed by atoms with Gasteiger partial charge >= 0.3 is 0 Å². The summed E-state index contributed by atoms with van der Waals surface area (Å²) in [6.07, 6.45) is 3.23. The van der Waals surface area contributed by atoms with Crippen LogP contribution in [0.5, 0.6) is 0 Å². The summed E-state index contributed by atoms with van der Waals surface area (Å²) in [5.41, 5.74) is 6.54. The molecule has 0 amide bonds. The number of imidazole rings is 1. The fraction of sp³-hybridized carbons (Fsp3) is 0.500. The summed E-state index contributed by atoms with van der Waals surface area (Å²) in [4.78, 5) is 7.15. The molecule has 2 heterocycles. The monoisotopic (exact) mass is 312 g/mol. The third kappa shape index (κ3) is 3.14. The van der Waals surface area contributed by atoms with Gasteiger partial charge < -0.3 is 10.7 Å². The van der Waals surface area contributed by atoms with Crippen molar-refractivity contribution in [2.75, 3.05) is 6.54 Å². The first kappa shape index (κ1) is 15.7. The lowest BCUT2D eigenvalue weighted by Gasteiger charge is -2.12. The van der Waals surface area contributed by atoms with Crippen LogP contribution in [-0.4, -0.2) is 34.7 Å². The zero-order valence-corrected chi connectivity index (χ0v) is 13.1. The quantitative estimate of drug-likeness (QED) is 0.705. The number of hydrogen-bond acceptors (Lipinski definition) is 5. The second-order valence-electron chi connectivity index (χ2n) is 4.83. The maximum absolute atomic E-state index is 12.6. The Balaban J connectivity index is 2.32. The van der Waals surface area contributed by atoms with E-state index in [0.717, 1.165) is 0 Å². The van der Waals surface area contributed by atoms with Crippen molar-refractivity contribution in [1.82, 2.24) is 24.5 Å². The first-order valence-corrected chi connectivity index (χ1v) is 8.10. The van der Waals surface area contributed by atoms with Gasteiger partial charge in [-0.2, -0.15) is 5.10 Å². The summed E-state index contributed by atoms with van der Waals surface area (Å²) >= 11 is 0. The van der Waals surface area contributed by atoms with Crippen molar-refractivity contribution >= 4 is 10.0 Å². The Hall–Kier alpha value is -1.71. The molecular weight excluding hydrogens is 292 g/mol. The normalized spacial score (nSPS) is 13.5. The van der Waals surface area contributed by atoms with Crippen LogP contribution in [0.2, 0.25) is 0 Å². The molecule has 1 unspecified atom stereocenters. The third-order valence-electron chi connectivity index (χ3n) is 3.19. The minimum absolute atomic E-state index is 0.203. The van der Waals surface area contributed by atoms with Gasteiger partial charge in [0.05, 0.1) is 24.0 Å². The number of aryl methyl sites for hydroxylation is 1. The minimum Gasteiger partial charge on any atom is -0.347 e. The SMILES string of the molecule is Cc1nn(CCN)c(C)c1S(=O)(=O)NC(C)c1ncc[nH]1. The van der Waals surface area contributed by atoms with E-state index in [9.17, 15) is 8.42 Å². The van der Waals surface area contributed by atoms with Crippen molar-refractivity contribution in [1.29, 1.82) is 0 Å². The van der Waals surface area contributed by atoms with Gasteiger partial charge in [0.25, 0.3) is 0 Å². The Bertz CT molecular complexity index is 704. The molecule has 0 fully saturated rings. The van der Waals surface area contributed by atoms with Crippen molar-refractivity contribution in [3.8, 4) is 0 Å². The molecule has 0 radical (unpaired) electrons. The summed E-state index contributed by atoms with van der Waals surface area (Å²) in [5, 5.41) is 4.23. The number of nitrogens with zero attached hydrogens (tertiary/aromatic N) is 3. The van der Waals surface area contributed by atoms with E-state index in [-0.39, 0.29) is 4.90 Å². The summed E-state index contributed by atoms with van der Waals surface area (Å²) in [5.74, 6) is 0.559. The predicted octanol–water partition coefficient (Wildman–Crippen LogP) is 0.221. The molecule has 4 N–H and O–H groups in total. The highest BCUT2D eigenvalue weighted by molar-refractivity contribution is 7.89. The second kappa shape index (κ2) is 5.96. The van der Waals surface area contributed by atoms with Crippen LogP contribution >= 0.6 is 0 Å². The Morgan fingerprint density at radius 2 is 2.19 bits per heavy atom. The number of H-pyrrole nitrogens is 1. The molecule has 0 aromatic carbocycles. The molecule has 0 aliphatic carbocycles. The van der Waals surface area contributed by atoms with E-state index < -0.39 is 16.1 Å². The molecule has 21 heavy (non-hydrogen) atoms. The summed E-state index contributed by atoms with van der Waals surface area (Å²) in [7, 11) is -3.68. The van der Waals surface area contributed by atoms with Crippen molar-refractivity contribution in [3.05, 3.63) is 29.6 Å². The van der Waals surface area contributed by atoms with Gasteiger partial charge in [-0.05, 0) is 20.8 Å². The highest BCUT2D eigenvalue weighted by Gasteiger charge is 2.26. The highest BCUT2D eigenvalue weighted by Crippen LogP contribution is 2.21. The zero-order chi connectivity index (χ0) is 15.6. The van der Waals surface area contributed by atoms with Gasteiger partial charge in [-0.25, -0.2) is 18.1 Å². The molecule has 0 saturated heterocycles. The molecule has 2 aromatic rings. The molecule has 0 saturated carbocycles. The van der Waals surface area contributed by atoms with Gasteiger partial charge in [-0.15, -0.1) is 0 Å². The Labute approximate surface area is 123 Å². The van der Waals surface area contributed by atoms with E-state index in [4.69, 9.17) is 5.73 Å². The van der Waals surface area contributed by atoms with Gasteiger partial charge in [0.15, 0.2) is 0 Å². The number of aromatic nitrogens is 4. The van der Waals surface area contributed by atoms with Gasteiger partial charge in [0.2, 0.25) is 10.0 Å². The van der Waals surface area contributed by atoms with E-state index in [2.05, 4.69) is 19.8 Å². The molecular formula is C12H20N6O2S. The van der Waals surface area contributed by atoms with Crippen LogP contribution in [0.15, 0.2) is 17.3 Å². The van der Waals surface area contributed by atoms with Gasteiger partial charge in [-0.3, -0.25) is 4.68 Å². The largest absolute Gasteiger partial charge is 0.347 e. The van der Waals surface area contributed by atoms with Crippen molar-refractivity contribution in [3.63, 3.8) is 0 Å². The molecule has 0 aliphatic heterocycles. The van der Waals surface area contributed by atoms with E-state index >= 15 is 0 Å². The van der Waals surface area contributed by atoms with E-state index in [0.29, 0.717) is 30.3 Å². The third-order valence-corrected chi connectivity index (χ3v) is 4.98. The molecule has 0 spiro atoms. The number of aromatic amines is 1. The standard InChI is InChI=1S/C12H20N6O2S/c1-8-11(10(3)18(16-8)7-4-13)21(19,20)17-9(2)12-14-5-6-15-12/h5-6,9,17H,4,7,13H2,1-3H3,(H,14,15). The van der Waals surface area contributed by atoms with Gasteiger partial charge in [0, 0.05) is 18.9 Å². The molecule has 1 atom stereocenters. The zero-order valence-electron chi connectivity index (χ0n) is 12.3. The molecule has 0 bridgehead atoms. The van der Waals surface area contributed by atoms with Crippen LogP contribution in [0.3, 0.4) is 0 Å². The molecule has 2 aromatic heterocycles. The van der Waals surface area contributed by atoms with E-state index in [1.807, 2.05) is 0 Å². The second-order valence-corrected chi connectivity index (χ2v) is 6.48. The maximum atomic E-state index is 12.6. The lowest BCUT2D eigenvalue weighted by molar-refractivity contribution is 0.558. The van der Waals surface area contributed by atoms with Crippen molar-refractivity contribution in [2.45, 2.75) is 38.3 Å². The first-order chi connectivity index (χ1) is 9.86. The average Bonchev–Trinajstić information content (AvgIpc) is 2.98. The number of sulfonamides is 1. The molecule has 116 valence electrons. The lowest BCUT2D eigenvalue weighted by Crippen LogP contribution is -2.28. The Kier molecular flexibility index (Phi) is 4.45. The Morgan fingerprint density at radius 3 is 2.76 bits per heavy atom. The maximum Gasteiger partial charge on any atom is 0.244 e. The smallest absolute Gasteiger partial charge is 0.244 e. The predicted molar refractivity (Wildman–Crippen MR) is 78.1 cm³/mol. The fourth-order valence-corrected chi connectivity index (χ4v) is 3.89. The summed E-state index contributed by atoms with van der Waals surface area (Å²) in [6.45, 7) is 6.01. The lowest BCUT2D eigenvalue weighted by atomic mass is 10.3. The highest BCUT2D eigenvalue weighted by atomic mass is 32.2. The molecule has 2 rings (SSSR count). The number of hydrogen-bond donors (Lipinski definition) is 3. The van der Waals surface area contributed by atoms with Crippen molar-refractivity contribution < 1.29 is 8.42 Å². The topological polar surface area (TPSA) is 119 Å². The van der Waals surface area contributed by atoms with Gasteiger partial charge in [-0.1, -0.05) is 0 Å². The Morgan fingerprint density at radius 1 is 1.48 bits per heavy atom. The van der Waals surface area contributed by atoms with Crippen LogP contribution < -0.4 is 10.5 Å². The van der Waals surface area contributed by atoms with Gasteiger partial charge in [0.1, 0.15) is 10.7 Å². The molecule has 8 nitrogen and oxygen atoms in total. The summed E-state index contributed by atoms with van der Waals surface area (Å²) < 4.78 is 29.3. The molecule has 9 heteroatoms. The van der Waals surface area contributed by atoms with E-state index in [1.165, 1.54) is 0 Å². The first-order valence-electron chi connectivity index (χ1n) is 6.62. The molecule has 0 aliphatic rings. The number of nitrogens with one attached hydrogen (secondary N) is 2. The van der Waals surface area contributed by atoms with E-state index in [1.54, 1.807) is 37.8 Å². The van der Waals surface area contributed by atoms with Crippen LogP contribution in [0, 0.1) is 13.8 Å². The summed E-state index contributed by atoms with van der Waals surface area (Å²) in [6, 6.07) is -0.457. The van der Waals surface area contributed by atoms with Crippen LogP contribution in [-0.2, 0) is 16.6 Å².